The summed E-state index contributed by atoms with van der Waals surface area (Å²) in [5.41, 5.74) is -2.80. The maximum Gasteiger partial charge on any atom is 0.208 e. The van der Waals surface area contributed by atoms with Crippen molar-refractivity contribution < 1.29 is 46.0 Å². The number of allylic oxidation sites excluding steroid dienone is 2. The van der Waals surface area contributed by atoms with Gasteiger partial charge in [-0.3, -0.25) is 0 Å². The normalized spacial score (nSPS) is 15.2. The second kappa shape index (κ2) is 8.73. The van der Waals surface area contributed by atoms with Crippen molar-refractivity contribution >= 4 is 13.3 Å². The number of nitrogens with zero attached hydrogens (tertiary/aromatic N) is 2. The van der Waals surface area contributed by atoms with Crippen LogP contribution in [0.4, 0.5) is 0 Å². The molecule has 0 aliphatic heterocycles. The van der Waals surface area contributed by atoms with Crippen LogP contribution in [0.2, 0.25) is 0 Å². The van der Waals surface area contributed by atoms with Crippen molar-refractivity contribution in [3.05, 3.63) is 44.2 Å². The summed E-state index contributed by atoms with van der Waals surface area (Å²) in [5, 5.41) is 95.9. The zero-order valence-corrected chi connectivity index (χ0v) is 17.0. The fraction of sp³-hybridized carbons (Fsp3) is 0.200. The minimum absolute atomic E-state index is 0.203. The van der Waals surface area contributed by atoms with Gasteiger partial charge in [0.1, 0.15) is 19.9 Å². The van der Waals surface area contributed by atoms with Gasteiger partial charge in [0.2, 0.25) is 17.2 Å². The topological polar surface area (TPSA) is 241 Å². The molecule has 0 heterocycles. The third-order valence-electron chi connectivity index (χ3n) is 5.45. The minimum atomic E-state index is -1.91. The van der Waals surface area contributed by atoms with Crippen LogP contribution in [0.1, 0.15) is 36.1 Å². The summed E-state index contributed by atoms with van der Waals surface area (Å²) in [5.74, 6) is -10.5. The molecule has 1 aliphatic carbocycles. The summed E-state index contributed by atoms with van der Waals surface area (Å²) in [7, 11) is 5.38. The molecule has 1 aliphatic rings. The lowest BCUT2D eigenvalue weighted by Gasteiger charge is -2.26. The summed E-state index contributed by atoms with van der Waals surface area (Å²) in [6.45, 7) is 0. The largest absolute Gasteiger partial charge is 0.505 e. The summed E-state index contributed by atoms with van der Waals surface area (Å²) in [6.07, 6.45) is 3.17. The maximum atomic E-state index is 11.8. The van der Waals surface area contributed by atoms with Crippen molar-refractivity contribution in [3.8, 4) is 51.7 Å². The van der Waals surface area contributed by atoms with Gasteiger partial charge in [0.05, 0.1) is 11.1 Å². The first-order valence-electron chi connectivity index (χ1n) is 9.48. The number of hydrogen-bond donors (Lipinski definition) is 9. The van der Waals surface area contributed by atoms with E-state index in [1.165, 1.54) is 12.2 Å². The highest BCUT2D eigenvalue weighted by atomic mass is 16.4. The molecule has 0 bridgehead atoms. The van der Waals surface area contributed by atoms with E-state index >= 15 is 0 Å². The Kier molecular flexibility index (Phi) is 6.17. The van der Waals surface area contributed by atoms with Crippen molar-refractivity contribution in [1.82, 2.24) is 0 Å². The quantitative estimate of drug-likeness (QED) is 0.127. The molecule has 9 N–H and O–H groups in total. The molecule has 2 aromatic rings. The third-order valence-corrected chi connectivity index (χ3v) is 5.45. The lowest BCUT2D eigenvalue weighted by Crippen LogP contribution is -2.13. The van der Waals surface area contributed by atoms with Gasteiger partial charge < -0.3 is 46.0 Å². The predicted octanol–water partition coefficient (Wildman–Crippen LogP) is 1.79. The molecule has 0 saturated heterocycles. The zero-order valence-electron chi connectivity index (χ0n) is 17.0. The second-order valence-electron chi connectivity index (χ2n) is 7.29. The van der Waals surface area contributed by atoms with E-state index in [0.717, 1.165) is 0 Å². The van der Waals surface area contributed by atoms with Gasteiger partial charge in [0, 0.05) is 0 Å². The second-order valence-corrected chi connectivity index (χ2v) is 7.29. The maximum absolute atomic E-state index is 11.8. The van der Waals surface area contributed by atoms with Crippen LogP contribution in [0.25, 0.3) is 0 Å². The van der Waals surface area contributed by atoms with Crippen molar-refractivity contribution in [2.75, 3.05) is 0 Å². The highest BCUT2D eigenvalue weighted by molar-refractivity contribution is 6.37. The highest BCUT2D eigenvalue weighted by Gasteiger charge is 2.38. The molecule has 2 atom stereocenters. The van der Waals surface area contributed by atoms with Gasteiger partial charge in [-0.2, -0.15) is 0 Å². The summed E-state index contributed by atoms with van der Waals surface area (Å²) in [4.78, 5) is 23.7. The Balaban J connectivity index is 2.25. The van der Waals surface area contributed by atoms with Crippen LogP contribution in [-0.4, -0.2) is 53.8 Å². The SMILES string of the molecule is [B]c1c(O)c(O)c(C(N=O)C2=CCCC=C2C(N=O)c2c(O)c(O)c(O)c(O)c2O)c(O)c1O. The van der Waals surface area contributed by atoms with Crippen molar-refractivity contribution in [1.29, 1.82) is 0 Å². The Bertz CT molecular complexity index is 1120. The molecule has 3 rings (SSSR count). The molecule has 0 amide bonds. The first-order valence-corrected chi connectivity index (χ1v) is 9.48. The molecular weight excluding hydrogens is 455 g/mol. The molecule has 0 aromatic heterocycles. The lowest BCUT2D eigenvalue weighted by molar-refractivity contribution is 0.322. The van der Waals surface area contributed by atoms with Crippen LogP contribution < -0.4 is 5.46 Å². The number of rotatable bonds is 6. The minimum Gasteiger partial charge on any atom is -0.505 e. The predicted molar refractivity (Wildman–Crippen MR) is 116 cm³/mol. The van der Waals surface area contributed by atoms with Gasteiger partial charge in [0.15, 0.2) is 34.5 Å². The molecule has 2 radical (unpaired) electrons. The van der Waals surface area contributed by atoms with E-state index in [1.807, 2.05) is 0 Å². The molecule has 13 nitrogen and oxygen atoms in total. The number of hydrogen-bond acceptors (Lipinski definition) is 13. The number of nitroso groups, excluding NO2 is 2. The molecule has 0 spiro atoms. The van der Waals surface area contributed by atoms with Crippen molar-refractivity contribution in [2.24, 2.45) is 10.4 Å². The van der Waals surface area contributed by atoms with Gasteiger partial charge in [-0.1, -0.05) is 22.5 Å². The zero-order chi connectivity index (χ0) is 25.5. The van der Waals surface area contributed by atoms with Gasteiger partial charge in [0.25, 0.3) is 0 Å². The summed E-state index contributed by atoms with van der Waals surface area (Å²) < 4.78 is 0. The van der Waals surface area contributed by atoms with Crippen LogP contribution in [0.15, 0.2) is 33.7 Å². The van der Waals surface area contributed by atoms with Gasteiger partial charge in [-0.25, -0.2) is 0 Å². The molecule has 0 saturated carbocycles. The number of benzene rings is 2. The molecule has 34 heavy (non-hydrogen) atoms. The van der Waals surface area contributed by atoms with Crippen LogP contribution in [-0.2, 0) is 0 Å². The Labute approximate surface area is 191 Å². The third kappa shape index (κ3) is 3.45. The Morgan fingerprint density at radius 2 is 0.853 bits per heavy atom. The Morgan fingerprint density at radius 3 is 1.18 bits per heavy atom. The molecular formula is C20H17BN2O11. The average Bonchev–Trinajstić information content (AvgIpc) is 2.84. The number of phenolic OH excluding ortho intramolecular Hbond substituents is 9. The van der Waals surface area contributed by atoms with E-state index < -0.39 is 80.4 Å². The van der Waals surface area contributed by atoms with Crippen LogP contribution in [0.3, 0.4) is 0 Å². The number of phenols is 9. The van der Waals surface area contributed by atoms with Crippen LogP contribution in [0, 0.1) is 9.81 Å². The standard InChI is InChI=1S/C20H17BN2O11/c21-9-16(28)12(24)7(13(25)17(9)29)10(22-33)5-3-1-2-4-6(5)11(23-34)8-14(26)18(30)20(32)19(31)15(8)27/h3-4,10-11,24-32H,1-2H2. The first kappa shape index (κ1) is 24.0. The molecule has 0 fully saturated rings. The van der Waals surface area contributed by atoms with Gasteiger partial charge >= 0.3 is 0 Å². The fourth-order valence-electron chi connectivity index (χ4n) is 3.74. The van der Waals surface area contributed by atoms with Crippen LogP contribution >= 0.6 is 0 Å². The van der Waals surface area contributed by atoms with E-state index in [4.69, 9.17) is 7.85 Å². The lowest BCUT2D eigenvalue weighted by atomic mass is 9.80. The highest BCUT2D eigenvalue weighted by Crippen LogP contribution is 2.57. The van der Waals surface area contributed by atoms with E-state index in [-0.39, 0.29) is 24.0 Å². The van der Waals surface area contributed by atoms with E-state index in [1.54, 1.807) is 0 Å². The van der Waals surface area contributed by atoms with Crippen LogP contribution in [0.5, 0.6) is 51.7 Å². The van der Waals surface area contributed by atoms with Gasteiger partial charge in [-0.05, 0) is 29.5 Å². The smallest absolute Gasteiger partial charge is 0.208 e. The first-order chi connectivity index (χ1) is 16.0. The van der Waals surface area contributed by atoms with E-state index in [0.29, 0.717) is 0 Å². The molecule has 2 aromatic carbocycles. The molecule has 176 valence electrons. The monoisotopic (exact) mass is 472 g/mol. The molecule has 2 unspecified atom stereocenters. The van der Waals surface area contributed by atoms with E-state index in [2.05, 4.69) is 10.4 Å². The number of aromatic hydroxyl groups is 9. The summed E-state index contributed by atoms with van der Waals surface area (Å²) in [6, 6.07) is -3.79. The Morgan fingerprint density at radius 1 is 0.559 bits per heavy atom. The fourth-order valence-corrected chi connectivity index (χ4v) is 3.74. The van der Waals surface area contributed by atoms with Gasteiger partial charge in [-0.15, -0.1) is 9.81 Å². The Hall–Kier alpha value is -4.62. The average molecular weight is 472 g/mol. The van der Waals surface area contributed by atoms with E-state index in [9.17, 15) is 55.8 Å². The van der Waals surface area contributed by atoms with Crippen molar-refractivity contribution in [2.45, 2.75) is 24.9 Å². The van der Waals surface area contributed by atoms with Crippen molar-refractivity contribution in [3.63, 3.8) is 0 Å². The molecule has 14 heteroatoms. The summed E-state index contributed by atoms with van der Waals surface area (Å²) >= 11 is 0.